The van der Waals surface area contributed by atoms with Gasteiger partial charge in [-0.15, -0.1) is 0 Å². The van der Waals surface area contributed by atoms with Crippen LogP contribution in [0.4, 0.5) is 8.78 Å². The van der Waals surface area contributed by atoms with Gasteiger partial charge in [0.05, 0.1) is 6.04 Å². The van der Waals surface area contributed by atoms with Crippen LogP contribution >= 0.6 is 0 Å². The molecule has 2 fully saturated rings. The number of hydrogen-bond acceptors (Lipinski definition) is 2. The van der Waals surface area contributed by atoms with Crippen LogP contribution < -0.4 is 5.32 Å². The van der Waals surface area contributed by atoms with Gasteiger partial charge in [0.2, 0.25) is 5.91 Å². The number of rotatable bonds is 1. The summed E-state index contributed by atoms with van der Waals surface area (Å²) in [6, 6.07) is -0.128. The first kappa shape index (κ1) is 10.8. The Morgan fingerprint density at radius 3 is 2.53 bits per heavy atom. The van der Waals surface area contributed by atoms with Crippen LogP contribution in [-0.4, -0.2) is 42.4 Å². The maximum atomic E-state index is 12.9. The lowest BCUT2D eigenvalue weighted by molar-refractivity contribution is -0.139. The number of nitrogens with zero attached hydrogens (tertiary/aromatic N) is 1. The molecule has 86 valence electrons. The average molecular weight is 218 g/mol. The van der Waals surface area contributed by atoms with Gasteiger partial charge in [-0.25, -0.2) is 8.78 Å². The maximum Gasteiger partial charge on any atom is 0.251 e. The Labute approximate surface area is 87.8 Å². The minimum atomic E-state index is -2.57. The van der Waals surface area contributed by atoms with Crippen molar-refractivity contribution in [3.05, 3.63) is 0 Å². The molecule has 0 aromatic heterocycles. The second-order valence-electron chi connectivity index (χ2n) is 4.33. The van der Waals surface area contributed by atoms with E-state index >= 15 is 0 Å². The molecule has 1 amide bonds. The van der Waals surface area contributed by atoms with Gasteiger partial charge in [-0.3, -0.25) is 4.79 Å². The van der Waals surface area contributed by atoms with E-state index < -0.39 is 5.92 Å². The predicted molar refractivity (Wildman–Crippen MR) is 51.8 cm³/mol. The summed E-state index contributed by atoms with van der Waals surface area (Å²) in [7, 11) is 0. The van der Waals surface area contributed by atoms with Gasteiger partial charge >= 0.3 is 0 Å². The lowest BCUT2D eigenvalue weighted by Gasteiger charge is -2.33. The number of carbonyl (C=O) groups excluding carboxylic acids is 1. The fraction of sp³-hybridized carbons (Fsp3) is 0.900. The van der Waals surface area contributed by atoms with E-state index in [9.17, 15) is 13.6 Å². The highest BCUT2D eigenvalue weighted by molar-refractivity contribution is 5.82. The predicted octanol–water partition coefficient (Wildman–Crippen LogP) is 0.996. The number of piperidine rings is 1. The minimum absolute atomic E-state index is 0.00278. The fourth-order valence-corrected chi connectivity index (χ4v) is 2.17. The third-order valence-electron chi connectivity index (χ3n) is 3.17. The van der Waals surface area contributed by atoms with Crippen molar-refractivity contribution in [3.8, 4) is 0 Å². The molecule has 0 saturated carbocycles. The zero-order valence-electron chi connectivity index (χ0n) is 8.64. The van der Waals surface area contributed by atoms with Gasteiger partial charge in [-0.2, -0.15) is 0 Å². The molecule has 0 aliphatic carbocycles. The third kappa shape index (κ3) is 2.45. The molecule has 0 bridgehead atoms. The molecule has 1 atom stereocenters. The molecule has 0 spiro atoms. The lowest BCUT2D eigenvalue weighted by Crippen LogP contribution is -2.49. The van der Waals surface area contributed by atoms with Crippen molar-refractivity contribution in [2.45, 2.75) is 37.6 Å². The van der Waals surface area contributed by atoms with E-state index in [1.165, 1.54) is 0 Å². The van der Waals surface area contributed by atoms with E-state index in [0.717, 1.165) is 19.4 Å². The molecule has 5 heteroatoms. The average Bonchev–Trinajstić information content (AvgIpc) is 2.69. The largest absolute Gasteiger partial charge is 0.341 e. The summed E-state index contributed by atoms with van der Waals surface area (Å²) >= 11 is 0. The quantitative estimate of drug-likeness (QED) is 0.712. The van der Waals surface area contributed by atoms with Crippen LogP contribution in [0.5, 0.6) is 0 Å². The van der Waals surface area contributed by atoms with Crippen molar-refractivity contribution in [2.75, 3.05) is 19.6 Å². The number of carbonyl (C=O) groups is 1. The fourth-order valence-electron chi connectivity index (χ4n) is 2.17. The maximum absolute atomic E-state index is 12.9. The van der Waals surface area contributed by atoms with Crippen molar-refractivity contribution in [1.82, 2.24) is 10.2 Å². The lowest BCUT2D eigenvalue weighted by atomic mass is 10.1. The zero-order chi connectivity index (χ0) is 10.9. The van der Waals surface area contributed by atoms with E-state index in [4.69, 9.17) is 0 Å². The molecule has 2 heterocycles. The summed E-state index contributed by atoms with van der Waals surface area (Å²) in [6.07, 6.45) is 1.46. The zero-order valence-corrected chi connectivity index (χ0v) is 8.64. The first-order valence-electron chi connectivity index (χ1n) is 5.48. The van der Waals surface area contributed by atoms with Crippen LogP contribution in [0.25, 0.3) is 0 Å². The Balaban J connectivity index is 1.87. The molecule has 2 aliphatic heterocycles. The number of likely N-dealkylation sites (tertiary alicyclic amines) is 1. The van der Waals surface area contributed by atoms with Crippen LogP contribution in [-0.2, 0) is 4.79 Å². The van der Waals surface area contributed by atoms with Crippen molar-refractivity contribution >= 4 is 5.91 Å². The van der Waals surface area contributed by atoms with Gasteiger partial charge in [0, 0.05) is 25.9 Å². The number of nitrogens with one attached hydrogen (secondary N) is 1. The summed E-state index contributed by atoms with van der Waals surface area (Å²) < 4.78 is 25.7. The number of halogens is 2. The van der Waals surface area contributed by atoms with Crippen LogP contribution in [0.1, 0.15) is 25.7 Å². The van der Waals surface area contributed by atoms with Crippen molar-refractivity contribution in [3.63, 3.8) is 0 Å². The molecule has 0 aromatic carbocycles. The number of hydrogen-bond donors (Lipinski definition) is 1. The number of amides is 1. The highest BCUT2D eigenvalue weighted by Crippen LogP contribution is 2.28. The van der Waals surface area contributed by atoms with E-state index in [0.29, 0.717) is 0 Å². The Kier molecular flexibility index (Phi) is 2.91. The summed E-state index contributed by atoms with van der Waals surface area (Å²) in [5, 5.41) is 3.10. The Bertz CT molecular complexity index is 242. The van der Waals surface area contributed by atoms with E-state index in [-0.39, 0.29) is 37.9 Å². The Hall–Kier alpha value is -0.710. The topological polar surface area (TPSA) is 32.3 Å². The van der Waals surface area contributed by atoms with Crippen molar-refractivity contribution in [2.24, 2.45) is 0 Å². The van der Waals surface area contributed by atoms with E-state index in [2.05, 4.69) is 5.32 Å². The molecule has 2 saturated heterocycles. The second kappa shape index (κ2) is 4.04. The molecule has 1 N–H and O–H groups in total. The van der Waals surface area contributed by atoms with E-state index in [1.807, 2.05) is 0 Å². The minimum Gasteiger partial charge on any atom is -0.341 e. The molecule has 2 rings (SSSR count). The Morgan fingerprint density at radius 2 is 2.00 bits per heavy atom. The highest BCUT2D eigenvalue weighted by Gasteiger charge is 2.37. The SMILES string of the molecule is O=C([C@@H]1CCCN1)N1CCC(F)(F)CC1. The van der Waals surface area contributed by atoms with Gasteiger partial charge in [0.25, 0.3) is 5.92 Å². The van der Waals surface area contributed by atoms with E-state index in [1.54, 1.807) is 4.90 Å². The van der Waals surface area contributed by atoms with Crippen molar-refractivity contribution < 1.29 is 13.6 Å². The molecule has 0 radical (unpaired) electrons. The Morgan fingerprint density at radius 1 is 1.33 bits per heavy atom. The molecule has 0 aromatic rings. The molecule has 2 aliphatic rings. The van der Waals surface area contributed by atoms with Crippen LogP contribution in [0.2, 0.25) is 0 Å². The van der Waals surface area contributed by atoms with Crippen molar-refractivity contribution in [1.29, 1.82) is 0 Å². The van der Waals surface area contributed by atoms with Gasteiger partial charge < -0.3 is 10.2 Å². The monoisotopic (exact) mass is 218 g/mol. The number of alkyl halides is 2. The van der Waals surface area contributed by atoms with Crippen LogP contribution in [0.15, 0.2) is 0 Å². The molecule has 3 nitrogen and oxygen atoms in total. The first-order chi connectivity index (χ1) is 7.08. The van der Waals surface area contributed by atoms with Crippen LogP contribution in [0.3, 0.4) is 0 Å². The summed E-state index contributed by atoms with van der Waals surface area (Å²) in [6.45, 7) is 1.26. The molecule has 0 unspecified atom stereocenters. The second-order valence-corrected chi connectivity index (χ2v) is 4.33. The first-order valence-corrected chi connectivity index (χ1v) is 5.48. The summed E-state index contributed by atoms with van der Waals surface area (Å²) in [5.41, 5.74) is 0. The van der Waals surface area contributed by atoms with Crippen LogP contribution in [0, 0.1) is 0 Å². The molecular formula is C10H16F2N2O. The standard InChI is InChI=1S/C10H16F2N2O/c11-10(12)3-6-14(7-4-10)9(15)8-2-1-5-13-8/h8,13H,1-7H2/t8-/m0/s1. The van der Waals surface area contributed by atoms with Gasteiger partial charge in [-0.1, -0.05) is 0 Å². The van der Waals surface area contributed by atoms with Gasteiger partial charge in [0.15, 0.2) is 0 Å². The normalized spacial score (nSPS) is 30.5. The molecule has 15 heavy (non-hydrogen) atoms. The highest BCUT2D eigenvalue weighted by atomic mass is 19.3. The third-order valence-corrected chi connectivity index (χ3v) is 3.17. The van der Waals surface area contributed by atoms with Gasteiger partial charge in [0.1, 0.15) is 0 Å². The smallest absolute Gasteiger partial charge is 0.251 e. The molecular weight excluding hydrogens is 202 g/mol. The summed E-state index contributed by atoms with van der Waals surface area (Å²) in [5.74, 6) is -2.57. The van der Waals surface area contributed by atoms with Gasteiger partial charge in [-0.05, 0) is 19.4 Å². The summed E-state index contributed by atoms with van der Waals surface area (Å²) in [4.78, 5) is 13.4.